The van der Waals surface area contributed by atoms with Crippen LogP contribution >= 0.6 is 27.5 Å². The van der Waals surface area contributed by atoms with E-state index in [1.54, 1.807) is 19.2 Å². The first-order valence-electron chi connectivity index (χ1n) is 7.13. The second kappa shape index (κ2) is 8.22. The molecule has 1 amide bonds. The van der Waals surface area contributed by atoms with E-state index in [2.05, 4.69) is 26.6 Å². The zero-order chi connectivity index (χ0) is 16.8. The van der Waals surface area contributed by atoms with E-state index in [9.17, 15) is 4.79 Å². The topological polar surface area (TPSA) is 50.4 Å². The number of anilines is 2. The summed E-state index contributed by atoms with van der Waals surface area (Å²) in [6.45, 7) is 2.51. The van der Waals surface area contributed by atoms with Crippen LogP contribution in [0.25, 0.3) is 0 Å². The molecular weight excluding hydrogens is 380 g/mol. The Kier molecular flexibility index (Phi) is 6.30. The summed E-state index contributed by atoms with van der Waals surface area (Å²) in [5, 5.41) is 6.58. The Balaban J connectivity index is 1.84. The van der Waals surface area contributed by atoms with Gasteiger partial charge in [0.2, 0.25) is 5.91 Å². The van der Waals surface area contributed by atoms with Crippen molar-refractivity contribution in [3.63, 3.8) is 0 Å². The van der Waals surface area contributed by atoms with Gasteiger partial charge in [-0.25, -0.2) is 0 Å². The largest absolute Gasteiger partial charge is 0.495 e. The lowest BCUT2D eigenvalue weighted by Gasteiger charge is -2.10. The van der Waals surface area contributed by atoms with Crippen molar-refractivity contribution in [3.05, 3.63) is 51.5 Å². The molecule has 0 aromatic heterocycles. The lowest BCUT2D eigenvalue weighted by atomic mass is 10.2. The molecule has 6 heteroatoms. The van der Waals surface area contributed by atoms with Crippen molar-refractivity contribution < 1.29 is 9.53 Å². The molecule has 122 valence electrons. The molecule has 0 bridgehead atoms. The van der Waals surface area contributed by atoms with E-state index in [0.717, 1.165) is 21.4 Å². The van der Waals surface area contributed by atoms with Gasteiger partial charge in [0.1, 0.15) is 5.75 Å². The second-order valence-electron chi connectivity index (χ2n) is 5.06. The van der Waals surface area contributed by atoms with Crippen LogP contribution in [0.4, 0.5) is 11.4 Å². The zero-order valence-electron chi connectivity index (χ0n) is 13.0. The Hall–Kier alpha value is -1.72. The highest BCUT2D eigenvalue weighted by Gasteiger charge is 2.06. The van der Waals surface area contributed by atoms with E-state index in [1.807, 2.05) is 31.2 Å². The minimum absolute atomic E-state index is 0.0540. The van der Waals surface area contributed by atoms with Gasteiger partial charge in [-0.1, -0.05) is 17.7 Å². The lowest BCUT2D eigenvalue weighted by Crippen LogP contribution is -2.16. The first-order chi connectivity index (χ1) is 11.0. The summed E-state index contributed by atoms with van der Waals surface area (Å²) < 4.78 is 5.98. The number of methoxy groups -OCH3 is 1. The molecule has 0 saturated carbocycles. The van der Waals surface area contributed by atoms with Gasteiger partial charge in [0, 0.05) is 23.1 Å². The molecule has 2 N–H and O–H groups in total. The van der Waals surface area contributed by atoms with Crippen LogP contribution in [0, 0.1) is 6.92 Å². The van der Waals surface area contributed by atoms with Crippen molar-refractivity contribution >= 4 is 44.8 Å². The Labute approximate surface area is 149 Å². The molecule has 2 aromatic rings. The fraction of sp³-hybridized carbons (Fsp3) is 0.235. The highest BCUT2D eigenvalue weighted by atomic mass is 79.9. The van der Waals surface area contributed by atoms with Gasteiger partial charge < -0.3 is 15.4 Å². The Morgan fingerprint density at radius 2 is 2.04 bits per heavy atom. The Morgan fingerprint density at radius 3 is 2.70 bits per heavy atom. The molecule has 0 radical (unpaired) electrons. The fourth-order valence-electron chi connectivity index (χ4n) is 2.03. The molecule has 0 spiro atoms. The molecule has 0 atom stereocenters. The van der Waals surface area contributed by atoms with Gasteiger partial charge in [-0.2, -0.15) is 0 Å². The van der Waals surface area contributed by atoms with E-state index >= 15 is 0 Å². The lowest BCUT2D eigenvalue weighted by molar-refractivity contribution is -0.115. The average molecular weight is 398 g/mol. The predicted molar refractivity (Wildman–Crippen MR) is 98.6 cm³/mol. The predicted octanol–water partition coefficient (Wildman–Crippen LogP) is 4.86. The molecule has 2 aromatic carbocycles. The number of aryl methyl sites for hydroxylation is 1. The van der Waals surface area contributed by atoms with Crippen LogP contribution in [-0.4, -0.2) is 19.6 Å². The van der Waals surface area contributed by atoms with Crippen LogP contribution in [-0.2, 0) is 4.79 Å². The SMILES string of the molecule is COc1ccc(NCCC(=O)Nc2ccc(C)cc2Br)cc1Cl. The van der Waals surface area contributed by atoms with Crippen LogP contribution in [0.5, 0.6) is 5.75 Å². The molecule has 0 aliphatic rings. The summed E-state index contributed by atoms with van der Waals surface area (Å²) in [4.78, 5) is 12.0. The minimum Gasteiger partial charge on any atom is -0.495 e. The molecule has 0 aliphatic heterocycles. The summed E-state index contributed by atoms with van der Waals surface area (Å²) in [6, 6.07) is 11.2. The van der Waals surface area contributed by atoms with Crippen LogP contribution in [0.1, 0.15) is 12.0 Å². The van der Waals surface area contributed by atoms with Gasteiger partial charge in [0.05, 0.1) is 17.8 Å². The summed E-state index contributed by atoms with van der Waals surface area (Å²) in [6.07, 6.45) is 0.351. The maximum Gasteiger partial charge on any atom is 0.226 e. The number of amides is 1. The maximum absolute atomic E-state index is 12.0. The number of hydrogen-bond donors (Lipinski definition) is 2. The maximum atomic E-state index is 12.0. The first-order valence-corrected chi connectivity index (χ1v) is 8.30. The van der Waals surface area contributed by atoms with Gasteiger partial charge in [0.25, 0.3) is 0 Å². The first kappa shape index (κ1) is 17.6. The molecular formula is C17H18BrClN2O2. The molecule has 0 aliphatic carbocycles. The van der Waals surface area contributed by atoms with Crippen LogP contribution in [0.3, 0.4) is 0 Å². The highest BCUT2D eigenvalue weighted by Crippen LogP contribution is 2.27. The van der Waals surface area contributed by atoms with E-state index < -0.39 is 0 Å². The minimum atomic E-state index is -0.0540. The van der Waals surface area contributed by atoms with E-state index in [-0.39, 0.29) is 5.91 Å². The summed E-state index contributed by atoms with van der Waals surface area (Å²) >= 11 is 9.50. The average Bonchev–Trinajstić information content (AvgIpc) is 2.50. The number of rotatable bonds is 6. The molecule has 4 nitrogen and oxygen atoms in total. The number of nitrogens with one attached hydrogen (secondary N) is 2. The smallest absolute Gasteiger partial charge is 0.226 e. The summed E-state index contributed by atoms with van der Waals surface area (Å²) in [5.74, 6) is 0.570. The van der Waals surface area contributed by atoms with Gasteiger partial charge in [-0.05, 0) is 58.7 Å². The molecule has 0 unspecified atom stereocenters. The number of carbonyl (C=O) groups is 1. The Bertz CT molecular complexity index is 707. The standard InChI is InChI=1S/C17H18BrClN2O2/c1-11-3-5-15(13(18)9-11)21-17(22)7-8-20-12-4-6-16(23-2)14(19)10-12/h3-6,9-10,20H,7-8H2,1-2H3,(H,21,22). The Morgan fingerprint density at radius 1 is 1.26 bits per heavy atom. The third-order valence-corrected chi connectivity index (χ3v) is 4.18. The molecule has 23 heavy (non-hydrogen) atoms. The summed E-state index contributed by atoms with van der Waals surface area (Å²) in [7, 11) is 1.57. The number of hydrogen-bond acceptors (Lipinski definition) is 3. The van der Waals surface area contributed by atoms with Gasteiger partial charge in [-0.3, -0.25) is 4.79 Å². The van der Waals surface area contributed by atoms with Gasteiger partial charge in [0.15, 0.2) is 0 Å². The number of carbonyl (C=O) groups excluding carboxylic acids is 1. The van der Waals surface area contributed by atoms with E-state index in [1.165, 1.54) is 0 Å². The monoisotopic (exact) mass is 396 g/mol. The summed E-state index contributed by atoms with van der Waals surface area (Å²) in [5.41, 5.74) is 2.75. The third kappa shape index (κ3) is 5.15. The second-order valence-corrected chi connectivity index (χ2v) is 6.32. The quantitative estimate of drug-likeness (QED) is 0.732. The molecule has 0 saturated heterocycles. The zero-order valence-corrected chi connectivity index (χ0v) is 15.3. The van der Waals surface area contributed by atoms with E-state index in [4.69, 9.17) is 16.3 Å². The number of ether oxygens (including phenoxy) is 1. The molecule has 0 fully saturated rings. The molecule has 0 heterocycles. The van der Waals surface area contributed by atoms with Crippen molar-refractivity contribution in [2.24, 2.45) is 0 Å². The van der Waals surface area contributed by atoms with Gasteiger partial charge >= 0.3 is 0 Å². The molecule has 2 rings (SSSR count). The van der Waals surface area contributed by atoms with Crippen LogP contribution < -0.4 is 15.4 Å². The number of halogens is 2. The third-order valence-electron chi connectivity index (χ3n) is 3.23. The normalized spacial score (nSPS) is 10.3. The van der Waals surface area contributed by atoms with Crippen LogP contribution in [0.2, 0.25) is 5.02 Å². The van der Waals surface area contributed by atoms with E-state index in [0.29, 0.717) is 23.7 Å². The highest BCUT2D eigenvalue weighted by molar-refractivity contribution is 9.10. The van der Waals surface area contributed by atoms with Crippen LogP contribution in [0.15, 0.2) is 40.9 Å². The van der Waals surface area contributed by atoms with Crippen molar-refractivity contribution in [3.8, 4) is 5.75 Å². The number of benzene rings is 2. The van der Waals surface area contributed by atoms with Crippen molar-refractivity contribution in [2.75, 3.05) is 24.3 Å². The van der Waals surface area contributed by atoms with Gasteiger partial charge in [-0.15, -0.1) is 0 Å². The van der Waals surface area contributed by atoms with Crippen molar-refractivity contribution in [1.29, 1.82) is 0 Å². The fourth-order valence-corrected chi connectivity index (χ4v) is 2.88. The van der Waals surface area contributed by atoms with Crippen molar-refractivity contribution in [2.45, 2.75) is 13.3 Å². The van der Waals surface area contributed by atoms with Crippen molar-refractivity contribution in [1.82, 2.24) is 0 Å².